The van der Waals surface area contributed by atoms with Crippen molar-refractivity contribution in [1.29, 1.82) is 0 Å². The van der Waals surface area contributed by atoms with E-state index in [4.69, 9.17) is 0 Å². The van der Waals surface area contributed by atoms with Crippen molar-refractivity contribution >= 4 is 16.0 Å². The maximum atomic E-state index is 11.5. The molecule has 1 aromatic rings. The highest BCUT2D eigenvalue weighted by Gasteiger charge is 2.11. The van der Waals surface area contributed by atoms with Crippen LogP contribution in [0, 0.1) is 0 Å². The Kier molecular flexibility index (Phi) is 5.06. The Labute approximate surface area is 94.7 Å². The topological polar surface area (TPSA) is 96.9 Å². The maximum absolute atomic E-state index is 11.5. The largest absolute Gasteiger partial charge is 0.317 e. The lowest BCUT2D eigenvalue weighted by atomic mass is 10.5. The summed E-state index contributed by atoms with van der Waals surface area (Å²) in [6, 6.07) is 0. The van der Waals surface area contributed by atoms with Crippen LogP contribution in [0.2, 0.25) is 0 Å². The lowest BCUT2D eigenvalue weighted by molar-refractivity contribution is 0.594. The monoisotopic (exact) mass is 245 g/mol. The summed E-state index contributed by atoms with van der Waals surface area (Å²) in [4.78, 5) is 3.73. The summed E-state index contributed by atoms with van der Waals surface area (Å²) < 4.78 is 25.3. The van der Waals surface area contributed by atoms with E-state index < -0.39 is 10.0 Å². The van der Waals surface area contributed by atoms with E-state index in [9.17, 15) is 8.42 Å². The summed E-state index contributed by atoms with van der Waals surface area (Å²) in [5.74, 6) is 0.0454. The lowest BCUT2D eigenvalue weighted by Crippen LogP contribution is -2.22. The number of nitrogens with zero attached hydrogens (tertiary/aromatic N) is 3. The number of sulfonamides is 1. The summed E-state index contributed by atoms with van der Waals surface area (Å²) in [6.45, 7) is 3.47. The summed E-state index contributed by atoms with van der Waals surface area (Å²) in [5.41, 5.74) is 0. The standard InChI is InChI=1S/C8H15N5O2S/c1-2-9-4-3-7-16(14,15)13-8-10-5-6-11-12-8/h5-6,9H,2-4,7H2,1H3,(H,10,12,13). The van der Waals surface area contributed by atoms with Crippen LogP contribution in [0.15, 0.2) is 12.4 Å². The lowest BCUT2D eigenvalue weighted by Gasteiger charge is -2.05. The fraction of sp³-hybridized carbons (Fsp3) is 0.625. The van der Waals surface area contributed by atoms with Gasteiger partial charge in [0.1, 0.15) is 0 Å². The predicted octanol–water partition coefficient (Wildman–Crippen LogP) is -0.387. The van der Waals surface area contributed by atoms with E-state index in [-0.39, 0.29) is 11.7 Å². The maximum Gasteiger partial charge on any atom is 0.256 e. The van der Waals surface area contributed by atoms with Crippen LogP contribution < -0.4 is 10.0 Å². The van der Waals surface area contributed by atoms with Gasteiger partial charge in [-0.25, -0.2) is 18.1 Å². The van der Waals surface area contributed by atoms with Gasteiger partial charge in [0, 0.05) is 0 Å². The van der Waals surface area contributed by atoms with Crippen LogP contribution in [0.25, 0.3) is 0 Å². The fourth-order valence-electron chi connectivity index (χ4n) is 1.05. The first kappa shape index (κ1) is 12.8. The zero-order valence-electron chi connectivity index (χ0n) is 9.05. The Bertz CT molecular complexity index is 394. The third-order valence-electron chi connectivity index (χ3n) is 1.75. The van der Waals surface area contributed by atoms with Crippen LogP contribution in [0.5, 0.6) is 0 Å². The quantitative estimate of drug-likeness (QED) is 0.635. The third-order valence-corrected chi connectivity index (χ3v) is 3.07. The van der Waals surface area contributed by atoms with Crippen molar-refractivity contribution in [1.82, 2.24) is 20.5 Å². The molecule has 8 heteroatoms. The Hall–Kier alpha value is -1.28. The molecule has 0 atom stereocenters. The van der Waals surface area contributed by atoms with E-state index in [0.29, 0.717) is 13.0 Å². The molecule has 0 aromatic carbocycles. The van der Waals surface area contributed by atoms with Gasteiger partial charge in [0.15, 0.2) is 0 Å². The number of rotatable bonds is 7. The molecular weight excluding hydrogens is 230 g/mol. The highest BCUT2D eigenvalue weighted by molar-refractivity contribution is 7.92. The SMILES string of the molecule is CCNCCCS(=O)(=O)Nc1nccnn1. The van der Waals surface area contributed by atoms with Crippen molar-refractivity contribution in [3.05, 3.63) is 12.4 Å². The van der Waals surface area contributed by atoms with Crippen LogP contribution in [0.3, 0.4) is 0 Å². The van der Waals surface area contributed by atoms with Crippen molar-refractivity contribution in [3.63, 3.8) is 0 Å². The van der Waals surface area contributed by atoms with E-state index in [0.717, 1.165) is 6.54 Å². The van der Waals surface area contributed by atoms with E-state index in [1.165, 1.54) is 12.4 Å². The second-order valence-corrected chi connectivity index (χ2v) is 4.94. The predicted molar refractivity (Wildman–Crippen MR) is 60.4 cm³/mol. The number of aromatic nitrogens is 3. The van der Waals surface area contributed by atoms with Crippen LogP contribution in [0.4, 0.5) is 5.95 Å². The smallest absolute Gasteiger partial charge is 0.256 e. The molecule has 0 fully saturated rings. The van der Waals surface area contributed by atoms with Crippen LogP contribution >= 0.6 is 0 Å². The Morgan fingerprint density at radius 2 is 2.19 bits per heavy atom. The van der Waals surface area contributed by atoms with E-state index >= 15 is 0 Å². The van der Waals surface area contributed by atoms with Crippen LogP contribution in [-0.2, 0) is 10.0 Å². The van der Waals surface area contributed by atoms with E-state index in [1.54, 1.807) is 0 Å². The van der Waals surface area contributed by atoms with Crippen molar-refractivity contribution in [2.45, 2.75) is 13.3 Å². The molecule has 0 amide bonds. The number of anilines is 1. The van der Waals surface area contributed by atoms with Gasteiger partial charge in [0.05, 0.1) is 18.1 Å². The van der Waals surface area contributed by atoms with E-state index in [1.807, 2.05) is 6.92 Å². The molecule has 0 unspecified atom stereocenters. The Morgan fingerprint density at radius 1 is 1.38 bits per heavy atom. The average Bonchev–Trinajstić information content (AvgIpc) is 2.25. The molecule has 0 aliphatic rings. The molecule has 0 saturated heterocycles. The molecule has 1 rings (SSSR count). The summed E-state index contributed by atoms with van der Waals surface area (Å²) in [5, 5.41) is 10.1. The van der Waals surface area contributed by atoms with Crippen molar-refractivity contribution in [2.24, 2.45) is 0 Å². The molecule has 0 aliphatic heterocycles. The van der Waals surface area contributed by atoms with Gasteiger partial charge in [-0.1, -0.05) is 6.92 Å². The fourth-order valence-corrected chi connectivity index (χ4v) is 2.05. The molecule has 16 heavy (non-hydrogen) atoms. The van der Waals surface area contributed by atoms with Gasteiger partial charge < -0.3 is 5.32 Å². The number of nitrogens with one attached hydrogen (secondary N) is 2. The number of hydrogen-bond acceptors (Lipinski definition) is 6. The number of hydrogen-bond donors (Lipinski definition) is 2. The zero-order valence-corrected chi connectivity index (χ0v) is 9.87. The van der Waals surface area contributed by atoms with Gasteiger partial charge in [-0.2, -0.15) is 5.10 Å². The van der Waals surface area contributed by atoms with Gasteiger partial charge >= 0.3 is 0 Å². The molecule has 0 aliphatic carbocycles. The Balaban J connectivity index is 2.40. The Morgan fingerprint density at radius 3 is 2.81 bits per heavy atom. The molecule has 0 spiro atoms. The van der Waals surface area contributed by atoms with E-state index in [2.05, 4.69) is 25.2 Å². The molecular formula is C8H15N5O2S. The molecule has 7 nitrogen and oxygen atoms in total. The summed E-state index contributed by atoms with van der Waals surface area (Å²) in [7, 11) is -3.37. The van der Waals surface area contributed by atoms with Gasteiger partial charge in [0.25, 0.3) is 5.95 Å². The van der Waals surface area contributed by atoms with Crippen molar-refractivity contribution in [2.75, 3.05) is 23.6 Å². The highest BCUT2D eigenvalue weighted by Crippen LogP contribution is 1.99. The van der Waals surface area contributed by atoms with Crippen LogP contribution in [0.1, 0.15) is 13.3 Å². The first-order valence-electron chi connectivity index (χ1n) is 4.99. The third kappa shape index (κ3) is 4.99. The first-order valence-corrected chi connectivity index (χ1v) is 6.64. The summed E-state index contributed by atoms with van der Waals surface area (Å²) in [6.07, 6.45) is 3.30. The zero-order chi connectivity index (χ0) is 11.9. The molecule has 90 valence electrons. The summed E-state index contributed by atoms with van der Waals surface area (Å²) >= 11 is 0. The molecule has 1 heterocycles. The highest BCUT2D eigenvalue weighted by atomic mass is 32.2. The first-order chi connectivity index (χ1) is 7.64. The minimum Gasteiger partial charge on any atom is -0.317 e. The average molecular weight is 245 g/mol. The second kappa shape index (κ2) is 6.33. The van der Waals surface area contributed by atoms with Gasteiger partial charge in [-0.05, 0) is 19.5 Å². The minimum atomic E-state index is -3.37. The van der Waals surface area contributed by atoms with Gasteiger partial charge in [-0.15, -0.1) is 5.10 Å². The van der Waals surface area contributed by atoms with Crippen LogP contribution in [-0.4, -0.2) is 42.4 Å². The molecule has 0 bridgehead atoms. The molecule has 1 aromatic heterocycles. The van der Waals surface area contributed by atoms with Crippen molar-refractivity contribution < 1.29 is 8.42 Å². The second-order valence-electron chi connectivity index (χ2n) is 3.09. The van der Waals surface area contributed by atoms with Gasteiger partial charge in [-0.3, -0.25) is 0 Å². The molecule has 0 saturated carbocycles. The van der Waals surface area contributed by atoms with Gasteiger partial charge in [0.2, 0.25) is 10.0 Å². The molecule has 0 radical (unpaired) electrons. The minimum absolute atomic E-state index is 0.00551. The van der Waals surface area contributed by atoms with Crippen molar-refractivity contribution in [3.8, 4) is 0 Å². The molecule has 2 N–H and O–H groups in total. The normalized spacial score (nSPS) is 11.3.